The Bertz CT molecular complexity index is 1110. The van der Waals surface area contributed by atoms with Crippen LogP contribution in [0.3, 0.4) is 0 Å². The average Bonchev–Trinajstić information content (AvgIpc) is 3.19. The predicted molar refractivity (Wildman–Crippen MR) is 131 cm³/mol. The maximum Gasteiger partial charge on any atom is 0.234 e. The normalized spacial score (nSPS) is 28.1. The average molecular weight is 487 g/mol. The maximum atomic E-state index is 12.3. The van der Waals surface area contributed by atoms with Crippen molar-refractivity contribution in [1.29, 1.82) is 0 Å². The van der Waals surface area contributed by atoms with E-state index in [9.17, 15) is 18.6 Å². The predicted octanol–water partition coefficient (Wildman–Crippen LogP) is 2.13. The molecule has 1 aliphatic heterocycles. The highest BCUT2D eigenvalue weighted by Crippen LogP contribution is 2.52. The number of aliphatic hydroxyl groups is 2. The standard InChI is InChI=1S/C26H34N2O5S/c1-33-11-12-34(31,32)27-24-8-4-7-21(13-24)26(30)22-9-10-23(26)17-28(16-22)18-25(29)14-19-5-2-3-6-20(19)15-25/h2-8,13,22-23,27,29-30H,9-12,14-18H2,1H3. The molecule has 0 aromatic heterocycles. The zero-order valence-electron chi connectivity index (χ0n) is 19.6. The van der Waals surface area contributed by atoms with Gasteiger partial charge < -0.3 is 14.9 Å². The minimum atomic E-state index is -3.52. The van der Waals surface area contributed by atoms with Crippen LogP contribution in [0.4, 0.5) is 5.69 Å². The largest absolute Gasteiger partial charge is 0.388 e. The summed E-state index contributed by atoms with van der Waals surface area (Å²) in [4.78, 5) is 2.32. The van der Waals surface area contributed by atoms with E-state index >= 15 is 0 Å². The molecule has 2 aromatic rings. The third-order valence-corrected chi connectivity index (χ3v) is 9.15. The first-order valence-electron chi connectivity index (χ1n) is 12.0. The van der Waals surface area contributed by atoms with Gasteiger partial charge in [-0.2, -0.15) is 0 Å². The van der Waals surface area contributed by atoms with E-state index in [2.05, 4.69) is 21.8 Å². The SMILES string of the molecule is COCCS(=O)(=O)Nc1cccc(C2(O)C3CCC2CN(CC2(O)Cc4ccccc4C2)C3)c1. The van der Waals surface area contributed by atoms with E-state index in [0.29, 0.717) is 25.1 Å². The number of fused-ring (bicyclic) bond motifs is 3. The molecule has 0 amide bonds. The zero-order valence-corrected chi connectivity index (χ0v) is 20.4. The van der Waals surface area contributed by atoms with Gasteiger partial charge in [0.1, 0.15) is 0 Å². The van der Waals surface area contributed by atoms with Gasteiger partial charge in [0.25, 0.3) is 0 Å². The van der Waals surface area contributed by atoms with Crippen LogP contribution in [0.15, 0.2) is 48.5 Å². The van der Waals surface area contributed by atoms with E-state index in [4.69, 9.17) is 4.74 Å². The Kier molecular flexibility index (Phi) is 6.23. The van der Waals surface area contributed by atoms with Crippen LogP contribution in [0.1, 0.15) is 29.5 Å². The molecule has 1 saturated heterocycles. The highest BCUT2D eigenvalue weighted by Gasteiger charge is 2.54. The number of hydrogen-bond donors (Lipinski definition) is 3. The molecule has 0 spiro atoms. The first kappa shape index (κ1) is 23.8. The topological polar surface area (TPSA) is 99.1 Å². The Morgan fingerprint density at radius 1 is 1.03 bits per heavy atom. The van der Waals surface area contributed by atoms with Gasteiger partial charge >= 0.3 is 0 Å². The summed E-state index contributed by atoms with van der Waals surface area (Å²) in [5.41, 5.74) is 1.92. The lowest BCUT2D eigenvalue weighted by molar-refractivity contribution is -0.104. The number of β-amino-alcohol motifs (C(OH)–C–C–N with tert-alkyl or cyclic N) is 1. The van der Waals surface area contributed by atoms with Crippen LogP contribution < -0.4 is 4.72 Å². The fourth-order valence-electron chi connectivity index (χ4n) is 6.39. The fourth-order valence-corrected chi connectivity index (χ4v) is 7.37. The van der Waals surface area contributed by atoms with Crippen LogP contribution in [0.25, 0.3) is 0 Å². The van der Waals surface area contributed by atoms with Gasteiger partial charge in [-0.05, 0) is 41.7 Å². The zero-order chi connectivity index (χ0) is 24.0. The van der Waals surface area contributed by atoms with Crippen LogP contribution in [0.5, 0.6) is 0 Å². The van der Waals surface area contributed by atoms with Gasteiger partial charge in [0.2, 0.25) is 10.0 Å². The number of sulfonamides is 1. The molecule has 2 aromatic carbocycles. The molecule has 3 aliphatic rings. The molecule has 2 unspecified atom stereocenters. The second kappa shape index (κ2) is 8.91. The molecule has 184 valence electrons. The van der Waals surface area contributed by atoms with Crippen molar-refractivity contribution < 1.29 is 23.4 Å². The fraction of sp³-hybridized carbons (Fsp3) is 0.538. The Hall–Kier alpha value is -1.97. The molecule has 2 atom stereocenters. The molecule has 34 heavy (non-hydrogen) atoms. The Balaban J connectivity index is 1.29. The van der Waals surface area contributed by atoms with Crippen molar-refractivity contribution in [1.82, 2.24) is 4.90 Å². The van der Waals surface area contributed by atoms with Crippen LogP contribution in [0.2, 0.25) is 0 Å². The van der Waals surface area contributed by atoms with Gasteiger partial charge in [-0.1, -0.05) is 36.4 Å². The molecule has 7 nitrogen and oxygen atoms in total. The summed E-state index contributed by atoms with van der Waals surface area (Å²) < 4.78 is 32.1. The molecule has 1 saturated carbocycles. The number of nitrogens with zero attached hydrogens (tertiary/aromatic N) is 1. The Morgan fingerprint density at radius 3 is 2.29 bits per heavy atom. The Labute approximate surface area is 201 Å². The molecule has 0 radical (unpaired) electrons. The monoisotopic (exact) mass is 486 g/mol. The molecule has 5 rings (SSSR count). The summed E-state index contributed by atoms with van der Waals surface area (Å²) in [6.07, 6.45) is 3.18. The van der Waals surface area contributed by atoms with Gasteiger partial charge in [-0.15, -0.1) is 0 Å². The van der Waals surface area contributed by atoms with Crippen molar-refractivity contribution in [3.05, 3.63) is 65.2 Å². The molecular weight excluding hydrogens is 452 g/mol. The van der Waals surface area contributed by atoms with Gasteiger partial charge in [0, 0.05) is 57.1 Å². The quantitative estimate of drug-likeness (QED) is 0.529. The number of ether oxygens (including phenoxy) is 1. The first-order chi connectivity index (χ1) is 16.2. The summed E-state index contributed by atoms with van der Waals surface area (Å²) in [6, 6.07) is 15.4. The van der Waals surface area contributed by atoms with E-state index in [0.717, 1.165) is 31.5 Å². The Morgan fingerprint density at radius 2 is 1.68 bits per heavy atom. The maximum absolute atomic E-state index is 12.3. The second-order valence-electron chi connectivity index (χ2n) is 10.3. The first-order valence-corrected chi connectivity index (χ1v) is 13.7. The summed E-state index contributed by atoms with van der Waals surface area (Å²) in [6.45, 7) is 2.16. The van der Waals surface area contributed by atoms with E-state index in [1.807, 2.05) is 18.2 Å². The third-order valence-electron chi connectivity index (χ3n) is 7.90. The molecule has 1 heterocycles. The number of piperidine rings is 1. The number of nitrogens with one attached hydrogen (secondary N) is 1. The van der Waals surface area contributed by atoms with Crippen molar-refractivity contribution in [2.24, 2.45) is 11.8 Å². The van der Waals surface area contributed by atoms with E-state index in [-0.39, 0.29) is 24.2 Å². The highest BCUT2D eigenvalue weighted by atomic mass is 32.2. The number of hydrogen-bond acceptors (Lipinski definition) is 6. The van der Waals surface area contributed by atoms with E-state index < -0.39 is 21.2 Å². The number of benzene rings is 2. The van der Waals surface area contributed by atoms with Crippen molar-refractivity contribution in [2.45, 2.75) is 36.9 Å². The van der Waals surface area contributed by atoms with Gasteiger partial charge in [-0.3, -0.25) is 9.62 Å². The van der Waals surface area contributed by atoms with Crippen LogP contribution in [-0.2, 0) is 33.2 Å². The molecular formula is C26H34N2O5S. The van der Waals surface area contributed by atoms with Crippen LogP contribution in [0, 0.1) is 11.8 Å². The molecule has 2 aliphatic carbocycles. The summed E-state index contributed by atoms with van der Waals surface area (Å²) in [5, 5.41) is 23.2. The second-order valence-corrected chi connectivity index (χ2v) is 12.2. The number of anilines is 1. The van der Waals surface area contributed by atoms with E-state index in [1.165, 1.54) is 18.2 Å². The van der Waals surface area contributed by atoms with E-state index in [1.54, 1.807) is 18.2 Å². The van der Waals surface area contributed by atoms with Gasteiger partial charge in [0.05, 0.1) is 23.6 Å². The molecule has 3 N–H and O–H groups in total. The van der Waals surface area contributed by atoms with Crippen LogP contribution in [-0.4, -0.2) is 68.2 Å². The lowest BCUT2D eigenvalue weighted by atomic mass is 9.75. The minimum Gasteiger partial charge on any atom is -0.388 e. The summed E-state index contributed by atoms with van der Waals surface area (Å²) in [7, 11) is -2.05. The third kappa shape index (κ3) is 4.50. The van der Waals surface area contributed by atoms with Crippen LogP contribution >= 0.6 is 0 Å². The highest BCUT2D eigenvalue weighted by molar-refractivity contribution is 7.92. The number of rotatable bonds is 8. The number of likely N-dealkylation sites (tertiary alicyclic amines) is 1. The smallest absolute Gasteiger partial charge is 0.234 e. The van der Waals surface area contributed by atoms with Crippen molar-refractivity contribution in [2.75, 3.05) is 43.8 Å². The van der Waals surface area contributed by atoms with Gasteiger partial charge in [0.15, 0.2) is 0 Å². The molecule has 8 heteroatoms. The minimum absolute atomic E-state index is 0.0407. The van der Waals surface area contributed by atoms with Gasteiger partial charge in [-0.25, -0.2) is 8.42 Å². The lowest BCUT2D eigenvalue weighted by Crippen LogP contribution is -2.55. The van der Waals surface area contributed by atoms with Crippen molar-refractivity contribution >= 4 is 15.7 Å². The summed E-state index contributed by atoms with van der Waals surface area (Å²) >= 11 is 0. The van der Waals surface area contributed by atoms with Crippen molar-refractivity contribution in [3.63, 3.8) is 0 Å². The number of methoxy groups -OCH3 is 1. The molecule has 2 fully saturated rings. The summed E-state index contributed by atoms with van der Waals surface area (Å²) in [5.74, 6) is -0.0386. The molecule has 2 bridgehead atoms. The van der Waals surface area contributed by atoms with Crippen molar-refractivity contribution in [3.8, 4) is 0 Å². The lowest BCUT2D eigenvalue weighted by Gasteiger charge is -2.46.